The summed E-state index contributed by atoms with van der Waals surface area (Å²) in [6, 6.07) is -0.649. The predicted molar refractivity (Wildman–Crippen MR) is 259 cm³/mol. The maximum Gasteiger partial charge on any atom is 0.305 e. The van der Waals surface area contributed by atoms with Crippen LogP contribution >= 0.6 is 0 Å². The number of esters is 1. The van der Waals surface area contributed by atoms with Gasteiger partial charge in [-0.2, -0.15) is 0 Å². The molecule has 0 saturated carbocycles. The van der Waals surface area contributed by atoms with Crippen molar-refractivity contribution in [1.29, 1.82) is 0 Å². The van der Waals surface area contributed by atoms with E-state index in [9.17, 15) is 19.8 Å². The number of amides is 1. The number of aliphatic hydroxyl groups excluding tert-OH is 2. The Morgan fingerprint density at radius 2 is 0.783 bits per heavy atom. The molecule has 0 aromatic carbocycles. The number of carbonyl (C=O) groups excluding carboxylic acids is 2. The zero-order valence-corrected chi connectivity index (χ0v) is 39.9. The summed E-state index contributed by atoms with van der Waals surface area (Å²) >= 11 is 0. The Bertz CT molecular complexity index is 977. The zero-order valence-electron chi connectivity index (χ0n) is 39.9. The Kier molecular flexibility index (Phi) is 48.1. The molecule has 3 N–H and O–H groups in total. The van der Waals surface area contributed by atoms with Crippen LogP contribution in [0.1, 0.15) is 271 Å². The van der Waals surface area contributed by atoms with Crippen LogP contribution in [-0.4, -0.2) is 47.4 Å². The lowest BCUT2D eigenvalue weighted by molar-refractivity contribution is -0.143. The number of unbranched alkanes of at least 4 members (excludes halogenated alkanes) is 33. The van der Waals surface area contributed by atoms with Crippen molar-refractivity contribution >= 4 is 11.9 Å². The van der Waals surface area contributed by atoms with Gasteiger partial charge in [0.25, 0.3) is 0 Å². The summed E-state index contributed by atoms with van der Waals surface area (Å²) < 4.78 is 5.44. The fourth-order valence-corrected chi connectivity index (χ4v) is 7.80. The van der Waals surface area contributed by atoms with Gasteiger partial charge in [0, 0.05) is 12.8 Å². The molecule has 0 aromatic heterocycles. The van der Waals surface area contributed by atoms with Crippen LogP contribution in [0.2, 0.25) is 0 Å². The van der Waals surface area contributed by atoms with Gasteiger partial charge in [-0.25, -0.2) is 0 Å². The first kappa shape index (κ1) is 58.1. The minimum Gasteiger partial charge on any atom is -0.466 e. The Balaban J connectivity index is 3.55. The van der Waals surface area contributed by atoms with Crippen LogP contribution in [0.3, 0.4) is 0 Å². The highest BCUT2D eigenvalue weighted by atomic mass is 16.5. The molecular weight excluding hydrogens is 743 g/mol. The van der Waals surface area contributed by atoms with Crippen molar-refractivity contribution in [2.24, 2.45) is 0 Å². The normalized spacial score (nSPS) is 12.9. The van der Waals surface area contributed by atoms with E-state index in [1.807, 2.05) is 6.08 Å². The third-order valence-electron chi connectivity index (χ3n) is 11.9. The molecule has 2 atom stereocenters. The van der Waals surface area contributed by atoms with Crippen molar-refractivity contribution in [2.45, 2.75) is 283 Å². The zero-order chi connectivity index (χ0) is 43.7. The molecule has 0 fully saturated rings. The predicted octanol–water partition coefficient (Wildman–Crippen LogP) is 15.7. The van der Waals surface area contributed by atoms with E-state index in [-0.39, 0.29) is 18.5 Å². The van der Waals surface area contributed by atoms with E-state index in [2.05, 4.69) is 43.5 Å². The average Bonchev–Trinajstić information content (AvgIpc) is 3.25. The van der Waals surface area contributed by atoms with E-state index >= 15 is 0 Å². The van der Waals surface area contributed by atoms with E-state index in [0.29, 0.717) is 19.4 Å². The standard InChI is InChI=1S/C54H101NO5/c1-3-5-7-9-11-13-15-17-19-20-22-24-28-32-36-40-44-48-54(59)60-49-45-41-37-33-29-25-27-31-35-39-43-47-53(58)55-51(50-56)52(57)46-42-38-34-30-26-23-21-18-16-14-12-10-8-6-4-2/h17,19,29,33,42,46,51-52,56-57H,3-16,18,20-28,30-32,34-41,43-45,47-50H2,1-2H3,(H,55,58)/b19-17-,33-29-,46-42+. The van der Waals surface area contributed by atoms with Gasteiger partial charge in [0.05, 0.1) is 25.4 Å². The Morgan fingerprint density at radius 1 is 0.450 bits per heavy atom. The van der Waals surface area contributed by atoms with Crippen molar-refractivity contribution < 1.29 is 24.5 Å². The summed E-state index contributed by atoms with van der Waals surface area (Å²) in [4.78, 5) is 24.5. The van der Waals surface area contributed by atoms with Crippen LogP contribution in [0.4, 0.5) is 0 Å². The molecule has 0 aromatic rings. The van der Waals surface area contributed by atoms with E-state index in [4.69, 9.17) is 4.74 Å². The number of hydrogen-bond acceptors (Lipinski definition) is 5. The maximum atomic E-state index is 12.4. The van der Waals surface area contributed by atoms with E-state index < -0.39 is 12.1 Å². The quantitative estimate of drug-likeness (QED) is 0.0322. The van der Waals surface area contributed by atoms with Gasteiger partial charge in [0.2, 0.25) is 5.91 Å². The Morgan fingerprint density at radius 3 is 1.18 bits per heavy atom. The minimum absolute atomic E-state index is 0.0368. The molecular formula is C54H101NO5. The Labute approximate surface area is 373 Å². The fourth-order valence-electron chi connectivity index (χ4n) is 7.80. The van der Waals surface area contributed by atoms with Crippen LogP contribution < -0.4 is 5.32 Å². The van der Waals surface area contributed by atoms with Crippen molar-refractivity contribution in [2.75, 3.05) is 13.2 Å². The first-order valence-electron chi connectivity index (χ1n) is 26.3. The molecule has 60 heavy (non-hydrogen) atoms. The van der Waals surface area contributed by atoms with Crippen LogP contribution in [0.5, 0.6) is 0 Å². The van der Waals surface area contributed by atoms with Crippen LogP contribution in [0, 0.1) is 0 Å². The molecule has 6 heteroatoms. The van der Waals surface area contributed by atoms with Gasteiger partial charge < -0.3 is 20.3 Å². The Hall–Kier alpha value is -1.92. The molecule has 2 unspecified atom stereocenters. The van der Waals surface area contributed by atoms with Gasteiger partial charge in [-0.15, -0.1) is 0 Å². The highest BCUT2D eigenvalue weighted by Crippen LogP contribution is 2.15. The average molecular weight is 844 g/mol. The van der Waals surface area contributed by atoms with Crippen molar-refractivity contribution in [3.8, 4) is 0 Å². The first-order valence-corrected chi connectivity index (χ1v) is 26.3. The van der Waals surface area contributed by atoms with Gasteiger partial charge in [0.15, 0.2) is 0 Å². The van der Waals surface area contributed by atoms with Crippen molar-refractivity contribution in [3.63, 3.8) is 0 Å². The van der Waals surface area contributed by atoms with E-state index in [0.717, 1.165) is 83.5 Å². The lowest BCUT2D eigenvalue weighted by Crippen LogP contribution is -2.45. The third-order valence-corrected chi connectivity index (χ3v) is 11.9. The second kappa shape index (κ2) is 49.7. The van der Waals surface area contributed by atoms with Crippen molar-refractivity contribution in [1.82, 2.24) is 5.32 Å². The number of hydrogen-bond donors (Lipinski definition) is 3. The summed E-state index contributed by atoms with van der Waals surface area (Å²) in [6.45, 7) is 4.82. The molecule has 0 aliphatic rings. The second-order valence-corrected chi connectivity index (χ2v) is 17.8. The molecule has 0 aliphatic heterocycles. The number of nitrogens with one attached hydrogen (secondary N) is 1. The monoisotopic (exact) mass is 844 g/mol. The second-order valence-electron chi connectivity index (χ2n) is 17.8. The summed E-state index contributed by atoms with van der Waals surface area (Å²) in [5, 5.41) is 23.0. The molecule has 0 radical (unpaired) electrons. The summed E-state index contributed by atoms with van der Waals surface area (Å²) in [5.41, 5.74) is 0. The number of ether oxygens (including phenoxy) is 1. The number of carbonyl (C=O) groups is 2. The molecule has 0 heterocycles. The third kappa shape index (κ3) is 45.6. The van der Waals surface area contributed by atoms with Gasteiger partial charge in [-0.05, 0) is 83.5 Å². The smallest absolute Gasteiger partial charge is 0.305 e. The molecule has 1 amide bonds. The largest absolute Gasteiger partial charge is 0.466 e. The van der Waals surface area contributed by atoms with Crippen LogP contribution in [0.25, 0.3) is 0 Å². The summed E-state index contributed by atoms with van der Waals surface area (Å²) in [6.07, 6.45) is 60.0. The molecule has 0 aliphatic carbocycles. The van der Waals surface area contributed by atoms with E-state index in [1.54, 1.807) is 6.08 Å². The van der Waals surface area contributed by atoms with Gasteiger partial charge >= 0.3 is 5.97 Å². The van der Waals surface area contributed by atoms with E-state index in [1.165, 1.54) is 161 Å². The SMILES string of the molecule is CCCCCCCC/C=C\CCCCCCCCCC(=O)OCCCC/C=C\CCCCCCCC(=O)NC(CO)C(O)/C=C/CCCCCCCCCCCCCCC. The molecule has 352 valence electrons. The highest BCUT2D eigenvalue weighted by Gasteiger charge is 2.18. The molecule has 0 saturated heterocycles. The number of rotatable bonds is 48. The fraction of sp³-hybridized carbons (Fsp3) is 0.852. The van der Waals surface area contributed by atoms with Crippen LogP contribution in [-0.2, 0) is 14.3 Å². The van der Waals surface area contributed by atoms with Gasteiger partial charge in [-0.1, -0.05) is 211 Å². The number of allylic oxidation sites excluding steroid dienone is 5. The lowest BCUT2D eigenvalue weighted by Gasteiger charge is -2.20. The van der Waals surface area contributed by atoms with Gasteiger partial charge in [-0.3, -0.25) is 9.59 Å². The first-order chi connectivity index (χ1) is 29.5. The lowest BCUT2D eigenvalue weighted by atomic mass is 10.0. The summed E-state index contributed by atoms with van der Waals surface area (Å²) in [5.74, 6) is -0.134. The molecule has 0 bridgehead atoms. The van der Waals surface area contributed by atoms with Crippen molar-refractivity contribution in [3.05, 3.63) is 36.5 Å². The highest BCUT2D eigenvalue weighted by molar-refractivity contribution is 5.76. The topological polar surface area (TPSA) is 95.9 Å². The number of aliphatic hydroxyl groups is 2. The minimum atomic E-state index is -0.863. The maximum absolute atomic E-state index is 12.4. The molecule has 0 spiro atoms. The van der Waals surface area contributed by atoms with Crippen LogP contribution in [0.15, 0.2) is 36.5 Å². The molecule has 0 rings (SSSR count). The summed E-state index contributed by atoms with van der Waals surface area (Å²) in [7, 11) is 0. The van der Waals surface area contributed by atoms with Gasteiger partial charge in [0.1, 0.15) is 0 Å². The molecule has 6 nitrogen and oxygen atoms in total.